The minimum Gasteiger partial charge on any atom is -0.345 e. The van der Waals surface area contributed by atoms with Crippen molar-refractivity contribution in [3.05, 3.63) is 0 Å². The van der Waals surface area contributed by atoms with Gasteiger partial charge in [-0.2, -0.15) is 0 Å². The molecule has 2 saturated carbocycles. The van der Waals surface area contributed by atoms with E-state index in [2.05, 4.69) is 34.6 Å². The van der Waals surface area contributed by atoms with Crippen molar-refractivity contribution in [1.29, 1.82) is 0 Å². The first-order valence-electron chi connectivity index (χ1n) is 17.5. The Kier molecular flexibility index (Phi) is 7.03. The highest BCUT2D eigenvalue weighted by Crippen LogP contribution is 2.63. The van der Waals surface area contributed by atoms with Crippen molar-refractivity contribution in [3.63, 3.8) is 0 Å². The molecule has 16 atom stereocenters. The van der Waals surface area contributed by atoms with Crippen LogP contribution >= 0.6 is 0 Å². The van der Waals surface area contributed by atoms with Gasteiger partial charge < -0.3 is 18.9 Å². The fourth-order valence-corrected chi connectivity index (χ4v) is 11.2. The van der Waals surface area contributed by atoms with Gasteiger partial charge >= 0.3 is 0 Å². The van der Waals surface area contributed by atoms with Gasteiger partial charge in [0.05, 0.1) is 6.10 Å². The van der Waals surface area contributed by atoms with Crippen molar-refractivity contribution in [2.24, 2.45) is 52.3 Å². The van der Waals surface area contributed by atoms with Crippen molar-refractivity contribution >= 4 is 5.71 Å². The summed E-state index contributed by atoms with van der Waals surface area (Å²) in [7, 11) is 0. The lowest BCUT2D eigenvalue weighted by Gasteiger charge is -2.61. The van der Waals surface area contributed by atoms with Crippen LogP contribution in [0.2, 0.25) is 0 Å². The van der Waals surface area contributed by atoms with Crippen LogP contribution in [-0.2, 0) is 38.5 Å². The average Bonchev–Trinajstić information content (AvgIpc) is 3.35. The number of ether oxygens (including phenoxy) is 4. The lowest BCUT2D eigenvalue weighted by Crippen LogP contribution is -2.71. The van der Waals surface area contributed by atoms with E-state index in [1.807, 2.05) is 13.8 Å². The van der Waals surface area contributed by atoms with Gasteiger partial charge in [-0.3, -0.25) is 4.99 Å². The van der Waals surface area contributed by atoms with Gasteiger partial charge in [0, 0.05) is 43.4 Å². The van der Waals surface area contributed by atoms with Gasteiger partial charge in [0.25, 0.3) is 0 Å². The Morgan fingerprint density at radius 1 is 0.651 bits per heavy atom. The van der Waals surface area contributed by atoms with Gasteiger partial charge in [-0.1, -0.05) is 27.7 Å². The molecule has 9 nitrogen and oxygen atoms in total. The number of fused-ring (bicyclic) bond motifs is 4. The van der Waals surface area contributed by atoms with Gasteiger partial charge in [0.15, 0.2) is 23.8 Å². The maximum Gasteiger partial charge on any atom is 0.201 e. The first-order valence-corrected chi connectivity index (χ1v) is 17.5. The lowest BCUT2D eigenvalue weighted by molar-refractivity contribution is -0.571. The molecule has 242 valence electrons. The van der Waals surface area contributed by atoms with Crippen LogP contribution in [0.4, 0.5) is 0 Å². The average molecular weight is 604 g/mol. The monoisotopic (exact) mass is 603 g/mol. The highest BCUT2D eigenvalue weighted by Gasteiger charge is 2.71. The summed E-state index contributed by atoms with van der Waals surface area (Å²) in [6.45, 7) is 16.2. The zero-order valence-corrected chi connectivity index (χ0v) is 27.2. The first kappa shape index (κ1) is 29.7. The van der Waals surface area contributed by atoms with Crippen molar-refractivity contribution in [2.45, 2.75) is 154 Å². The van der Waals surface area contributed by atoms with Crippen LogP contribution in [0.3, 0.4) is 0 Å². The van der Waals surface area contributed by atoms with Crippen molar-refractivity contribution < 1.29 is 38.5 Å². The van der Waals surface area contributed by atoms with E-state index in [0.29, 0.717) is 42.6 Å². The zero-order chi connectivity index (χ0) is 29.9. The zero-order valence-electron chi connectivity index (χ0n) is 27.2. The SMILES string of the molecule is CC/N=C(/C[C@H]1O[C@@H]2O[C@]3(C)CC[C@H]4[C@H](C)CC[C@@H]([C@H]1C)[C@@]24OO3)[C@H]1O[C@@H]2O[C@]3(C)CC[C@H]4[C@H](C)CC[C@@H]([C@H]1C)[C@@]24OO3. The molecule has 0 aromatic carbocycles. The predicted octanol–water partition coefficient (Wildman–Crippen LogP) is 6.34. The molecular weight excluding hydrogens is 550 g/mol. The molecule has 2 spiro atoms. The van der Waals surface area contributed by atoms with E-state index < -0.39 is 35.4 Å². The summed E-state index contributed by atoms with van der Waals surface area (Å²) < 4.78 is 27.4. The maximum atomic E-state index is 7.05. The van der Waals surface area contributed by atoms with E-state index in [4.69, 9.17) is 43.5 Å². The molecule has 10 aliphatic rings. The van der Waals surface area contributed by atoms with E-state index in [1.165, 1.54) is 12.8 Å². The van der Waals surface area contributed by atoms with Crippen LogP contribution in [0, 0.1) is 47.3 Å². The molecule has 8 aliphatic heterocycles. The first-order chi connectivity index (χ1) is 20.5. The fourth-order valence-electron chi connectivity index (χ4n) is 11.2. The Morgan fingerprint density at radius 2 is 1.19 bits per heavy atom. The van der Waals surface area contributed by atoms with Gasteiger partial charge in [-0.15, -0.1) is 0 Å². The van der Waals surface area contributed by atoms with Gasteiger partial charge in [0.2, 0.25) is 11.6 Å². The minimum atomic E-state index is -0.789. The topological polar surface area (TPSA) is 86.2 Å². The Hall–Kier alpha value is -0.650. The highest BCUT2D eigenvalue weighted by molar-refractivity contribution is 5.89. The summed E-state index contributed by atoms with van der Waals surface area (Å²) in [6.07, 6.45) is 7.80. The standard InChI is InChI=1S/C34H53NO8/c1-8-35-26(28-21(5)25-12-10-19(3)23-14-16-32(7)39-30(37-28)34(23,25)43-41-32)17-27-20(4)24-11-9-18(2)22-13-15-31(6)38-29(36-27)33(22,24)42-40-31/h18-25,27-30H,8-17H2,1-7H3/b35-26-/t18-,19-,20-,21-,22+,23+,24+,25+,27-,28+,29-,30-,31+,32+,33-,34-/m1/s1. The second-order valence-electron chi connectivity index (χ2n) is 15.9. The number of hydrogen-bond acceptors (Lipinski definition) is 9. The molecular formula is C34H53NO8. The molecule has 10 rings (SSSR count). The van der Waals surface area contributed by atoms with E-state index in [9.17, 15) is 0 Å². The fraction of sp³-hybridized carbons (Fsp3) is 0.971. The molecule has 2 aliphatic carbocycles. The van der Waals surface area contributed by atoms with Crippen LogP contribution in [-0.4, -0.2) is 59.8 Å². The van der Waals surface area contributed by atoms with Crippen LogP contribution < -0.4 is 0 Å². The normalized spacial score (nSPS) is 59.2. The Bertz CT molecular complexity index is 1140. The van der Waals surface area contributed by atoms with Crippen LogP contribution in [0.5, 0.6) is 0 Å². The summed E-state index contributed by atoms with van der Waals surface area (Å²) >= 11 is 0. The predicted molar refractivity (Wildman–Crippen MR) is 156 cm³/mol. The van der Waals surface area contributed by atoms with E-state index in [1.54, 1.807) is 0 Å². The van der Waals surface area contributed by atoms with Gasteiger partial charge in [-0.25, -0.2) is 19.6 Å². The lowest BCUT2D eigenvalue weighted by atomic mass is 9.56. The van der Waals surface area contributed by atoms with Crippen LogP contribution in [0.15, 0.2) is 4.99 Å². The molecule has 0 aromatic heterocycles. The minimum absolute atomic E-state index is 0.0547. The quantitative estimate of drug-likeness (QED) is 0.272. The number of aliphatic imine (C=N–C) groups is 1. The molecule has 0 unspecified atom stereocenters. The van der Waals surface area contributed by atoms with E-state index >= 15 is 0 Å². The maximum absolute atomic E-state index is 7.05. The number of rotatable bonds is 4. The summed E-state index contributed by atoms with van der Waals surface area (Å²) in [4.78, 5) is 30.1. The van der Waals surface area contributed by atoms with Gasteiger partial charge in [-0.05, 0) is 94.8 Å². The van der Waals surface area contributed by atoms with E-state index in [-0.39, 0.29) is 30.0 Å². The second-order valence-corrected chi connectivity index (χ2v) is 15.9. The highest BCUT2D eigenvalue weighted by atomic mass is 17.3. The summed E-state index contributed by atoms with van der Waals surface area (Å²) in [5.41, 5.74) is -0.0538. The summed E-state index contributed by atoms with van der Waals surface area (Å²) in [5, 5.41) is 0. The summed E-state index contributed by atoms with van der Waals surface area (Å²) in [6, 6.07) is 0. The van der Waals surface area contributed by atoms with Crippen molar-refractivity contribution in [2.75, 3.05) is 6.54 Å². The molecule has 9 heteroatoms. The molecule has 43 heavy (non-hydrogen) atoms. The molecule has 0 amide bonds. The second kappa shape index (κ2) is 10.2. The third-order valence-corrected chi connectivity index (χ3v) is 13.6. The molecule has 0 N–H and O–H groups in total. The van der Waals surface area contributed by atoms with E-state index in [0.717, 1.165) is 44.2 Å². The third kappa shape index (κ3) is 4.14. The molecule has 0 radical (unpaired) electrons. The van der Waals surface area contributed by atoms with Gasteiger partial charge in [0.1, 0.15) is 6.10 Å². The smallest absolute Gasteiger partial charge is 0.201 e. The Labute approximate surface area is 256 Å². The molecule has 8 saturated heterocycles. The van der Waals surface area contributed by atoms with Crippen LogP contribution in [0.1, 0.15) is 106 Å². The number of nitrogens with zero attached hydrogens (tertiary/aromatic N) is 1. The largest absolute Gasteiger partial charge is 0.345 e. The van der Waals surface area contributed by atoms with Crippen molar-refractivity contribution in [3.8, 4) is 0 Å². The Morgan fingerprint density at radius 3 is 1.74 bits per heavy atom. The third-order valence-electron chi connectivity index (χ3n) is 13.6. The molecule has 4 bridgehead atoms. The number of hydrogen-bond donors (Lipinski definition) is 0. The van der Waals surface area contributed by atoms with Crippen LogP contribution in [0.25, 0.3) is 0 Å². The molecule has 0 aromatic rings. The molecule has 8 heterocycles. The molecule has 10 fully saturated rings. The summed E-state index contributed by atoms with van der Waals surface area (Å²) in [5.74, 6) is 1.25. The van der Waals surface area contributed by atoms with Crippen molar-refractivity contribution in [1.82, 2.24) is 0 Å². The Balaban J connectivity index is 1.10.